The summed E-state index contributed by atoms with van der Waals surface area (Å²) in [6, 6.07) is -4.83. The lowest BCUT2D eigenvalue weighted by Crippen LogP contribution is -2.18. The maximum atomic E-state index is 8.13. The number of benzene rings is 2. The van der Waals surface area contributed by atoms with Gasteiger partial charge in [-0.15, -0.1) is 0 Å². The highest BCUT2D eigenvalue weighted by atomic mass is 35.6. The summed E-state index contributed by atoms with van der Waals surface area (Å²) in [7, 11) is 0. The van der Waals surface area contributed by atoms with Gasteiger partial charge in [-0.1, -0.05) is 82.2 Å². The van der Waals surface area contributed by atoms with Gasteiger partial charge in [0, 0.05) is 10.0 Å². The second kappa shape index (κ2) is 6.11. The number of hydrogen-bond acceptors (Lipinski definition) is 0. The van der Waals surface area contributed by atoms with Crippen LogP contribution in [0.5, 0.6) is 0 Å². The van der Waals surface area contributed by atoms with Crippen molar-refractivity contribution >= 4 is 58.0 Å². The Bertz CT molecular complexity index is 813. The van der Waals surface area contributed by atoms with E-state index >= 15 is 0 Å². The lowest BCUT2D eigenvalue weighted by Gasteiger charge is -2.25. The minimum absolute atomic E-state index is 0.419. The highest BCUT2D eigenvalue weighted by molar-refractivity contribution is 6.68. The van der Waals surface area contributed by atoms with Gasteiger partial charge in [-0.25, -0.2) is 0 Å². The van der Waals surface area contributed by atoms with Crippen LogP contribution in [0.3, 0.4) is 0 Å². The zero-order chi connectivity index (χ0) is 21.0. The molecular formula is C14H9Cl5. The molecule has 2 aromatic carbocycles. The average molecular weight is 363 g/mol. The minimum atomic E-state index is -2.34. The summed E-state index contributed by atoms with van der Waals surface area (Å²) in [4.78, 5) is 0. The van der Waals surface area contributed by atoms with Crippen molar-refractivity contribution in [3.8, 4) is 0 Å². The van der Waals surface area contributed by atoms with Crippen LogP contribution >= 0.6 is 58.0 Å². The van der Waals surface area contributed by atoms with E-state index in [9.17, 15) is 0 Å². The Balaban J connectivity index is 3.04. The van der Waals surface area contributed by atoms with Gasteiger partial charge in [0.1, 0.15) is 0 Å². The molecule has 0 radical (unpaired) electrons. The molecule has 0 aliphatic rings. The topological polar surface area (TPSA) is 0 Å². The molecular weight excluding hydrogens is 345 g/mol. The van der Waals surface area contributed by atoms with Crippen molar-refractivity contribution in [2.75, 3.05) is 0 Å². The standard InChI is InChI=1S/C14H9Cl5/c15-11-5-1-9(2-6-11)13(14(17,18)19)10-3-7-12(16)8-4-10/h1-8,13H/i1D,2D,3D,4D,5D,6D,7D,8D. The third-order valence-corrected chi connectivity index (χ3v) is 3.16. The molecule has 2 aromatic rings. The first-order chi connectivity index (χ1) is 12.2. The van der Waals surface area contributed by atoms with Crippen LogP contribution in [0.25, 0.3) is 0 Å². The smallest absolute Gasteiger partial charge is 0.0843 e. The quantitative estimate of drug-likeness (QED) is 0.535. The zero-order valence-electron chi connectivity index (χ0n) is 17.0. The molecule has 0 unspecified atom stereocenters. The van der Waals surface area contributed by atoms with Crippen LogP contribution < -0.4 is 0 Å². The van der Waals surface area contributed by atoms with Crippen molar-refractivity contribution in [1.82, 2.24) is 0 Å². The van der Waals surface area contributed by atoms with E-state index in [1.54, 1.807) is 0 Å². The van der Waals surface area contributed by atoms with Gasteiger partial charge in [-0.2, -0.15) is 0 Å². The Morgan fingerprint density at radius 2 is 1.05 bits per heavy atom. The molecule has 0 fully saturated rings. The SMILES string of the molecule is [2H]c1c([2H])c(C(c2c([2H])c([2H])c(Cl)c([2H])c2[2H])C(Cl)(Cl)Cl)c([2H])c([2H])c1Cl. The first-order valence-electron chi connectivity index (χ1n) is 8.81. The van der Waals surface area contributed by atoms with Crippen LogP contribution in [0.4, 0.5) is 0 Å². The fourth-order valence-corrected chi connectivity index (χ4v) is 2.22. The largest absolute Gasteiger partial charge is 0.201 e. The molecule has 2 rings (SSSR count). The van der Waals surface area contributed by atoms with Gasteiger partial charge in [0.05, 0.1) is 16.9 Å². The predicted octanol–water partition coefficient (Wildman–Crippen LogP) is 6.50. The predicted molar refractivity (Wildman–Crippen MR) is 85.0 cm³/mol. The second-order valence-corrected chi connectivity index (χ2v) is 6.55. The molecule has 19 heavy (non-hydrogen) atoms. The average Bonchev–Trinajstić information content (AvgIpc) is 2.59. The van der Waals surface area contributed by atoms with Crippen LogP contribution in [0.1, 0.15) is 28.0 Å². The van der Waals surface area contributed by atoms with Crippen molar-refractivity contribution in [3.63, 3.8) is 0 Å². The van der Waals surface area contributed by atoms with Crippen LogP contribution in [0.15, 0.2) is 48.3 Å². The first-order valence-corrected chi connectivity index (χ1v) is 6.70. The van der Waals surface area contributed by atoms with E-state index < -0.39 is 79.2 Å². The van der Waals surface area contributed by atoms with Gasteiger partial charge in [0.2, 0.25) is 3.79 Å². The summed E-state index contributed by atoms with van der Waals surface area (Å²) in [6.45, 7) is 0. The molecule has 0 saturated carbocycles. The molecule has 0 heterocycles. The van der Waals surface area contributed by atoms with E-state index in [1.165, 1.54) is 0 Å². The zero-order valence-corrected chi connectivity index (χ0v) is 12.7. The number of alkyl halides is 3. The lowest BCUT2D eigenvalue weighted by molar-refractivity contribution is 0.839. The number of hydrogen-bond donors (Lipinski definition) is 0. The third-order valence-electron chi connectivity index (χ3n) is 2.13. The van der Waals surface area contributed by atoms with Gasteiger partial charge in [0.25, 0.3) is 0 Å². The van der Waals surface area contributed by atoms with E-state index in [2.05, 4.69) is 0 Å². The molecule has 0 nitrogen and oxygen atoms in total. The van der Waals surface area contributed by atoms with Gasteiger partial charge in [-0.3, -0.25) is 0 Å². The van der Waals surface area contributed by atoms with Crippen molar-refractivity contribution in [3.05, 3.63) is 69.5 Å². The van der Waals surface area contributed by atoms with Gasteiger partial charge < -0.3 is 0 Å². The fraction of sp³-hybridized carbons (Fsp3) is 0.143. The molecule has 0 aliphatic carbocycles. The van der Waals surface area contributed by atoms with E-state index in [0.29, 0.717) is 0 Å². The van der Waals surface area contributed by atoms with Gasteiger partial charge >= 0.3 is 0 Å². The Kier molecular flexibility index (Phi) is 2.50. The van der Waals surface area contributed by atoms with Gasteiger partial charge in [-0.05, 0) is 35.3 Å². The summed E-state index contributed by atoms with van der Waals surface area (Å²) >= 11 is 29.7. The maximum absolute atomic E-state index is 8.13. The maximum Gasteiger partial charge on any atom is 0.201 e. The van der Waals surface area contributed by atoms with E-state index in [4.69, 9.17) is 69.0 Å². The Labute approximate surface area is 148 Å². The molecule has 0 spiro atoms. The van der Waals surface area contributed by atoms with Crippen LogP contribution in [-0.4, -0.2) is 3.79 Å². The third kappa shape index (κ3) is 3.93. The lowest BCUT2D eigenvalue weighted by atomic mass is 9.92. The van der Waals surface area contributed by atoms with Crippen molar-refractivity contribution in [2.45, 2.75) is 9.71 Å². The molecule has 100 valence electrons. The van der Waals surface area contributed by atoms with E-state index in [0.717, 1.165) is 0 Å². The van der Waals surface area contributed by atoms with E-state index in [-0.39, 0.29) is 0 Å². The molecule has 0 amide bonds. The molecule has 0 bridgehead atoms. The Morgan fingerprint density at radius 3 is 1.32 bits per heavy atom. The van der Waals surface area contributed by atoms with Crippen molar-refractivity contribution in [2.24, 2.45) is 0 Å². The van der Waals surface area contributed by atoms with Crippen molar-refractivity contribution < 1.29 is 11.0 Å². The number of halogens is 5. The first kappa shape index (κ1) is 7.77. The van der Waals surface area contributed by atoms with Crippen molar-refractivity contribution in [1.29, 1.82) is 0 Å². The van der Waals surface area contributed by atoms with Crippen LogP contribution in [0.2, 0.25) is 10.0 Å². The molecule has 5 heteroatoms. The normalized spacial score (nSPS) is 17.8. The molecule has 0 aromatic heterocycles. The van der Waals surface area contributed by atoms with Crippen LogP contribution in [0, 0.1) is 0 Å². The highest BCUT2D eigenvalue weighted by Gasteiger charge is 2.35. The summed E-state index contributed by atoms with van der Waals surface area (Å²) in [5, 5.41) is -0.875. The molecule has 0 saturated heterocycles. The summed E-state index contributed by atoms with van der Waals surface area (Å²) in [6.07, 6.45) is 0. The summed E-state index contributed by atoms with van der Waals surface area (Å²) in [5.74, 6) is -1.65. The second-order valence-electron chi connectivity index (χ2n) is 3.43. The summed E-state index contributed by atoms with van der Waals surface area (Å²) in [5.41, 5.74) is -0.838. The molecule has 0 atom stereocenters. The highest BCUT2D eigenvalue weighted by Crippen LogP contribution is 2.45. The molecule has 0 aliphatic heterocycles. The Hall–Kier alpha value is -0.110. The fourth-order valence-electron chi connectivity index (χ4n) is 1.37. The molecule has 0 N–H and O–H groups in total. The van der Waals surface area contributed by atoms with E-state index in [1.807, 2.05) is 0 Å². The number of rotatable bonds is 2. The monoisotopic (exact) mass is 360 g/mol. The summed E-state index contributed by atoms with van der Waals surface area (Å²) < 4.78 is 61.7. The van der Waals surface area contributed by atoms with Gasteiger partial charge in [0.15, 0.2) is 0 Å². The van der Waals surface area contributed by atoms with Crippen LogP contribution in [-0.2, 0) is 0 Å². The minimum Gasteiger partial charge on any atom is -0.0843 e. The Morgan fingerprint density at radius 1 is 0.737 bits per heavy atom.